The van der Waals surface area contributed by atoms with Crippen LogP contribution in [0.4, 0.5) is 0 Å². The van der Waals surface area contributed by atoms with Crippen LogP contribution in [-0.2, 0) is 4.79 Å². The highest BCUT2D eigenvalue weighted by molar-refractivity contribution is 6.18. The Kier molecular flexibility index (Phi) is 5.26. The molecule has 0 aromatic carbocycles. The number of aliphatic hydroxyl groups excluding tert-OH is 1. The highest BCUT2D eigenvalue weighted by Gasteiger charge is 2.17. The summed E-state index contributed by atoms with van der Waals surface area (Å²) in [6.07, 6.45) is 4.39. The number of amides is 1. The number of alkyl halides is 1. The van der Waals surface area contributed by atoms with Gasteiger partial charge < -0.3 is 10.0 Å². The molecule has 1 N–H and O–H groups in total. The first-order chi connectivity index (χ1) is 6.74. The Balaban J connectivity index is 2.41. The van der Waals surface area contributed by atoms with Gasteiger partial charge in [0, 0.05) is 19.5 Å². The lowest BCUT2D eigenvalue weighted by Crippen LogP contribution is -2.39. The quantitative estimate of drug-likeness (QED) is 0.729. The van der Waals surface area contributed by atoms with Gasteiger partial charge in [-0.1, -0.05) is 12.8 Å². The topological polar surface area (TPSA) is 40.5 Å². The monoisotopic (exact) mass is 219 g/mol. The van der Waals surface area contributed by atoms with Crippen molar-refractivity contribution in [2.75, 3.05) is 19.0 Å². The van der Waals surface area contributed by atoms with Crippen molar-refractivity contribution in [1.82, 2.24) is 4.90 Å². The van der Waals surface area contributed by atoms with Crippen LogP contribution in [0.1, 0.15) is 32.1 Å². The summed E-state index contributed by atoms with van der Waals surface area (Å²) < 4.78 is 0. The molecule has 0 aromatic heterocycles. The van der Waals surface area contributed by atoms with Crippen LogP contribution in [0, 0.1) is 0 Å². The van der Waals surface area contributed by atoms with Crippen LogP contribution in [-0.4, -0.2) is 41.0 Å². The van der Waals surface area contributed by atoms with Gasteiger partial charge in [0.15, 0.2) is 0 Å². The number of β-amino-alcohol motifs (C(OH)–C–C–N with tert-alkyl or cyclic N) is 1. The number of carbonyl (C=O) groups is 1. The maximum absolute atomic E-state index is 11.6. The lowest BCUT2D eigenvalue weighted by molar-refractivity contribution is -0.133. The standard InChI is InChI=1S/C10H18ClNO2/c11-7-9(13)8-12-6-4-2-1-3-5-10(12)14/h9,13H,1-8H2. The van der Waals surface area contributed by atoms with Gasteiger partial charge in [0.2, 0.25) is 5.91 Å². The smallest absolute Gasteiger partial charge is 0.222 e. The number of likely N-dealkylation sites (tertiary alicyclic amines) is 1. The minimum Gasteiger partial charge on any atom is -0.390 e. The maximum Gasteiger partial charge on any atom is 0.222 e. The number of aliphatic hydroxyl groups is 1. The zero-order chi connectivity index (χ0) is 10.4. The highest BCUT2D eigenvalue weighted by atomic mass is 35.5. The number of hydrogen-bond donors (Lipinski definition) is 1. The van der Waals surface area contributed by atoms with Crippen LogP contribution in [0.15, 0.2) is 0 Å². The minimum atomic E-state index is -0.583. The van der Waals surface area contributed by atoms with E-state index in [0.29, 0.717) is 13.0 Å². The van der Waals surface area contributed by atoms with Gasteiger partial charge in [-0.05, 0) is 12.8 Å². The molecule has 1 atom stereocenters. The van der Waals surface area contributed by atoms with Crippen molar-refractivity contribution in [2.45, 2.75) is 38.2 Å². The Bertz CT molecular complexity index is 187. The number of nitrogens with zero attached hydrogens (tertiary/aromatic N) is 1. The fourth-order valence-electron chi connectivity index (χ4n) is 1.71. The van der Waals surface area contributed by atoms with Gasteiger partial charge in [-0.15, -0.1) is 11.6 Å². The van der Waals surface area contributed by atoms with Crippen molar-refractivity contribution in [3.8, 4) is 0 Å². The minimum absolute atomic E-state index is 0.161. The van der Waals surface area contributed by atoms with Crippen LogP contribution in [0.2, 0.25) is 0 Å². The van der Waals surface area contributed by atoms with E-state index in [-0.39, 0.29) is 11.8 Å². The molecule has 82 valence electrons. The van der Waals surface area contributed by atoms with E-state index in [4.69, 9.17) is 11.6 Å². The normalized spacial score (nSPS) is 21.6. The van der Waals surface area contributed by atoms with Gasteiger partial charge in [-0.3, -0.25) is 4.79 Å². The molecule has 1 heterocycles. The predicted molar refractivity (Wildman–Crippen MR) is 56.4 cm³/mol. The van der Waals surface area contributed by atoms with Gasteiger partial charge in [-0.2, -0.15) is 0 Å². The van der Waals surface area contributed by atoms with Crippen LogP contribution in [0.25, 0.3) is 0 Å². The van der Waals surface area contributed by atoms with E-state index in [1.165, 1.54) is 6.42 Å². The average molecular weight is 220 g/mol. The van der Waals surface area contributed by atoms with Crippen LogP contribution >= 0.6 is 11.6 Å². The van der Waals surface area contributed by atoms with Gasteiger partial charge in [-0.25, -0.2) is 0 Å². The Labute approximate surface area is 90.0 Å². The van der Waals surface area contributed by atoms with E-state index in [0.717, 1.165) is 25.8 Å². The molecule has 1 unspecified atom stereocenters. The van der Waals surface area contributed by atoms with E-state index < -0.39 is 6.10 Å². The summed E-state index contributed by atoms with van der Waals surface area (Å²) in [6, 6.07) is 0. The summed E-state index contributed by atoms with van der Waals surface area (Å²) in [5.74, 6) is 0.359. The van der Waals surface area contributed by atoms with E-state index in [1.54, 1.807) is 4.90 Å². The lowest BCUT2D eigenvalue weighted by atomic mass is 10.1. The maximum atomic E-state index is 11.6. The molecular formula is C10H18ClNO2. The van der Waals surface area contributed by atoms with Gasteiger partial charge in [0.05, 0.1) is 12.0 Å². The largest absolute Gasteiger partial charge is 0.390 e. The first-order valence-electron chi connectivity index (χ1n) is 5.26. The zero-order valence-electron chi connectivity index (χ0n) is 8.41. The fraction of sp³-hybridized carbons (Fsp3) is 0.900. The van der Waals surface area contributed by atoms with Crippen molar-refractivity contribution in [3.63, 3.8) is 0 Å². The molecule has 3 nitrogen and oxygen atoms in total. The van der Waals surface area contributed by atoms with E-state index >= 15 is 0 Å². The summed E-state index contributed by atoms with van der Waals surface area (Å²) >= 11 is 5.50. The van der Waals surface area contributed by atoms with Crippen molar-refractivity contribution in [1.29, 1.82) is 0 Å². The van der Waals surface area contributed by atoms with Crippen LogP contribution < -0.4 is 0 Å². The number of halogens is 1. The average Bonchev–Trinajstić information content (AvgIpc) is 2.17. The summed E-state index contributed by atoms with van der Waals surface area (Å²) in [4.78, 5) is 13.3. The molecule has 0 radical (unpaired) electrons. The Morgan fingerprint density at radius 2 is 2.07 bits per heavy atom. The van der Waals surface area contributed by atoms with Crippen LogP contribution in [0.3, 0.4) is 0 Å². The molecular weight excluding hydrogens is 202 g/mol. The molecule has 0 aromatic rings. The van der Waals surface area contributed by atoms with Crippen molar-refractivity contribution in [2.24, 2.45) is 0 Å². The van der Waals surface area contributed by atoms with Gasteiger partial charge in [0.1, 0.15) is 0 Å². The molecule has 1 aliphatic heterocycles. The number of carbonyl (C=O) groups excluding carboxylic acids is 1. The Hall–Kier alpha value is -0.280. The number of hydrogen-bond acceptors (Lipinski definition) is 2. The number of rotatable bonds is 3. The molecule has 0 spiro atoms. The molecule has 1 rings (SSSR count). The Morgan fingerprint density at radius 1 is 1.36 bits per heavy atom. The summed E-state index contributed by atoms with van der Waals surface area (Å²) in [6.45, 7) is 1.16. The molecule has 0 aliphatic carbocycles. The van der Waals surface area contributed by atoms with Gasteiger partial charge in [0.25, 0.3) is 0 Å². The lowest BCUT2D eigenvalue weighted by Gasteiger charge is -2.26. The van der Waals surface area contributed by atoms with Crippen molar-refractivity contribution in [3.05, 3.63) is 0 Å². The summed E-state index contributed by atoms with van der Waals surface area (Å²) in [7, 11) is 0. The molecule has 0 bridgehead atoms. The SMILES string of the molecule is O=C1CCCCCCN1CC(O)CCl. The molecule has 14 heavy (non-hydrogen) atoms. The second-order valence-corrected chi connectivity index (χ2v) is 4.12. The predicted octanol–water partition coefficient (Wildman–Crippen LogP) is 1.38. The first kappa shape index (κ1) is 11.8. The Morgan fingerprint density at radius 3 is 2.79 bits per heavy atom. The van der Waals surface area contributed by atoms with Crippen molar-refractivity contribution < 1.29 is 9.90 Å². The van der Waals surface area contributed by atoms with E-state index in [2.05, 4.69) is 0 Å². The molecule has 1 fully saturated rings. The van der Waals surface area contributed by atoms with E-state index in [1.807, 2.05) is 0 Å². The summed E-state index contributed by atoms with van der Waals surface area (Å²) in [5.41, 5.74) is 0. The molecule has 1 amide bonds. The zero-order valence-corrected chi connectivity index (χ0v) is 9.17. The summed E-state index contributed by atoms with van der Waals surface area (Å²) in [5, 5.41) is 9.36. The third kappa shape index (κ3) is 3.84. The highest BCUT2D eigenvalue weighted by Crippen LogP contribution is 2.12. The fourth-order valence-corrected chi connectivity index (χ4v) is 1.81. The van der Waals surface area contributed by atoms with Crippen molar-refractivity contribution >= 4 is 17.5 Å². The molecule has 1 aliphatic rings. The molecule has 0 saturated carbocycles. The molecule has 1 saturated heterocycles. The second kappa shape index (κ2) is 6.25. The second-order valence-electron chi connectivity index (χ2n) is 3.81. The van der Waals surface area contributed by atoms with E-state index in [9.17, 15) is 9.90 Å². The molecule has 4 heteroatoms. The first-order valence-corrected chi connectivity index (χ1v) is 5.79. The van der Waals surface area contributed by atoms with Crippen LogP contribution in [0.5, 0.6) is 0 Å². The third-order valence-corrected chi connectivity index (χ3v) is 2.89. The third-order valence-electron chi connectivity index (χ3n) is 2.53. The van der Waals surface area contributed by atoms with Gasteiger partial charge >= 0.3 is 0 Å².